The summed E-state index contributed by atoms with van der Waals surface area (Å²) in [5.74, 6) is -3.64. The number of carbonyl (C=O) groups excluding carboxylic acids is 3. The van der Waals surface area contributed by atoms with Gasteiger partial charge in [0.2, 0.25) is 0 Å². The number of hydrogen-bond acceptors (Lipinski definition) is 10. The third-order valence-electron chi connectivity index (χ3n) is 2.89. The predicted molar refractivity (Wildman–Crippen MR) is 74.0 cm³/mol. The first-order chi connectivity index (χ1) is 10.9. The van der Waals surface area contributed by atoms with Crippen LogP contribution < -0.4 is 0 Å². The average molecular weight is 370 g/mol. The zero-order valence-electron chi connectivity index (χ0n) is 13.1. The smallest absolute Gasteiger partial charge is 0.303 e. The largest absolute Gasteiger partial charge is 0.456 e. The molecule has 1 rings (SSSR count). The van der Waals surface area contributed by atoms with Crippen molar-refractivity contribution in [3.8, 4) is 0 Å². The van der Waals surface area contributed by atoms with E-state index in [1.54, 1.807) is 0 Å². The third-order valence-corrected chi connectivity index (χ3v) is 3.64. The monoisotopic (exact) mass is 370 g/mol. The van der Waals surface area contributed by atoms with Crippen LogP contribution in [0.2, 0.25) is 0 Å². The van der Waals surface area contributed by atoms with Gasteiger partial charge in [-0.05, 0) is 0 Å². The molecule has 0 aromatic heterocycles. The van der Waals surface area contributed by atoms with Gasteiger partial charge in [-0.2, -0.15) is 8.42 Å². The number of hydrogen-bond donors (Lipinski definition) is 2. The Labute approximate surface area is 137 Å². The number of aliphatic hydroxyl groups is 1. The topological polar surface area (TPSA) is 163 Å². The van der Waals surface area contributed by atoms with Gasteiger partial charge in [0, 0.05) is 20.8 Å². The Morgan fingerprint density at radius 1 is 0.917 bits per heavy atom. The Bertz CT molecular complexity index is 598. The van der Waals surface area contributed by atoms with Crippen LogP contribution in [0.15, 0.2) is 0 Å². The van der Waals surface area contributed by atoms with Gasteiger partial charge in [-0.3, -0.25) is 18.9 Å². The van der Waals surface area contributed by atoms with Crippen LogP contribution in [0.1, 0.15) is 20.8 Å². The minimum atomic E-state index is -4.58. The molecule has 0 bridgehead atoms. The number of ether oxygens (including phenoxy) is 4. The summed E-state index contributed by atoms with van der Waals surface area (Å²) in [6, 6.07) is 0. The van der Waals surface area contributed by atoms with Crippen LogP contribution in [0, 0.1) is 0 Å². The first-order valence-corrected chi connectivity index (χ1v) is 8.32. The van der Waals surface area contributed by atoms with E-state index in [1.807, 2.05) is 0 Å². The van der Waals surface area contributed by atoms with E-state index in [4.69, 9.17) is 23.5 Å². The van der Waals surface area contributed by atoms with Crippen molar-refractivity contribution in [2.24, 2.45) is 0 Å². The Morgan fingerprint density at radius 2 is 1.33 bits per heavy atom. The lowest BCUT2D eigenvalue weighted by atomic mass is 9.99. The zero-order chi connectivity index (χ0) is 18.7. The molecule has 1 saturated heterocycles. The van der Waals surface area contributed by atoms with E-state index in [0.717, 1.165) is 20.8 Å². The Hall–Kier alpha value is -1.76. The number of esters is 3. The molecule has 12 heteroatoms. The van der Waals surface area contributed by atoms with Crippen molar-refractivity contribution in [2.45, 2.75) is 51.5 Å². The van der Waals surface area contributed by atoms with Gasteiger partial charge in [-0.15, -0.1) is 0 Å². The predicted octanol–water partition coefficient (Wildman–Crippen LogP) is -1.61. The SMILES string of the molecule is CC(=O)OC1C(O)OC(CS(=O)(=O)O)C(OC(C)=O)C1OC(C)=O. The molecule has 0 aromatic rings. The van der Waals surface area contributed by atoms with Crippen LogP contribution in [0.25, 0.3) is 0 Å². The van der Waals surface area contributed by atoms with Crippen LogP contribution in [0.5, 0.6) is 0 Å². The van der Waals surface area contributed by atoms with Crippen LogP contribution in [0.4, 0.5) is 0 Å². The number of carbonyl (C=O) groups is 3. The number of rotatable bonds is 5. The molecule has 1 aliphatic heterocycles. The summed E-state index contributed by atoms with van der Waals surface area (Å²) in [4.78, 5) is 33.7. The van der Waals surface area contributed by atoms with Crippen molar-refractivity contribution < 1.29 is 51.4 Å². The molecule has 1 fully saturated rings. The van der Waals surface area contributed by atoms with E-state index in [9.17, 15) is 27.9 Å². The Balaban J connectivity index is 3.23. The third kappa shape index (κ3) is 6.03. The van der Waals surface area contributed by atoms with E-state index in [1.165, 1.54) is 0 Å². The first-order valence-electron chi connectivity index (χ1n) is 6.71. The van der Waals surface area contributed by atoms with Gasteiger partial charge in [0.15, 0.2) is 24.6 Å². The molecule has 1 aliphatic rings. The fourth-order valence-corrected chi connectivity index (χ4v) is 2.90. The molecule has 11 nitrogen and oxygen atoms in total. The fourth-order valence-electron chi connectivity index (χ4n) is 2.21. The fraction of sp³-hybridized carbons (Fsp3) is 0.750. The highest BCUT2D eigenvalue weighted by Crippen LogP contribution is 2.28. The number of aliphatic hydroxyl groups excluding tert-OH is 1. The normalized spacial score (nSPS) is 30.3. The second-order valence-corrected chi connectivity index (χ2v) is 6.53. The summed E-state index contributed by atoms with van der Waals surface area (Å²) in [5, 5.41) is 9.91. The maximum absolute atomic E-state index is 11.3. The highest BCUT2D eigenvalue weighted by molar-refractivity contribution is 7.85. The molecule has 138 valence electrons. The molecule has 5 atom stereocenters. The summed E-state index contributed by atoms with van der Waals surface area (Å²) in [6.45, 7) is 3.03. The molecule has 5 unspecified atom stereocenters. The van der Waals surface area contributed by atoms with Gasteiger partial charge < -0.3 is 24.1 Å². The Morgan fingerprint density at radius 3 is 1.75 bits per heavy atom. The summed E-state index contributed by atoms with van der Waals surface area (Å²) in [6.07, 6.45) is -8.08. The summed E-state index contributed by atoms with van der Waals surface area (Å²) in [5.41, 5.74) is 0. The summed E-state index contributed by atoms with van der Waals surface area (Å²) >= 11 is 0. The van der Waals surface area contributed by atoms with Crippen LogP contribution in [-0.2, 0) is 43.4 Å². The quantitative estimate of drug-likeness (QED) is 0.325. The zero-order valence-corrected chi connectivity index (χ0v) is 13.9. The standard InChI is InChI=1S/C12H18O11S/c1-5(13)20-9-8(4-24(17,18)19)23-12(16)11(22-7(3)15)10(9)21-6(2)14/h8-12,16H,4H2,1-3H3,(H,17,18,19). The van der Waals surface area contributed by atoms with Gasteiger partial charge in [0.1, 0.15) is 11.9 Å². The average Bonchev–Trinajstić information content (AvgIpc) is 2.35. The lowest BCUT2D eigenvalue weighted by Gasteiger charge is -2.42. The minimum absolute atomic E-state index is 0.852. The van der Waals surface area contributed by atoms with Crippen LogP contribution in [0.3, 0.4) is 0 Å². The molecule has 0 amide bonds. The second-order valence-electron chi connectivity index (χ2n) is 5.04. The van der Waals surface area contributed by atoms with Gasteiger partial charge in [0.25, 0.3) is 10.1 Å². The molecular formula is C12H18O11S. The van der Waals surface area contributed by atoms with E-state index in [-0.39, 0.29) is 0 Å². The molecule has 0 aromatic carbocycles. The molecule has 1 heterocycles. The maximum Gasteiger partial charge on any atom is 0.303 e. The second kappa shape index (κ2) is 7.88. The molecule has 2 N–H and O–H groups in total. The van der Waals surface area contributed by atoms with Gasteiger partial charge >= 0.3 is 17.9 Å². The lowest BCUT2D eigenvalue weighted by molar-refractivity contribution is -0.287. The van der Waals surface area contributed by atoms with Gasteiger partial charge in [-0.25, -0.2) is 0 Å². The van der Waals surface area contributed by atoms with Crippen molar-refractivity contribution in [3.63, 3.8) is 0 Å². The summed E-state index contributed by atoms with van der Waals surface area (Å²) < 4.78 is 50.7. The molecule has 0 saturated carbocycles. The molecule has 0 aliphatic carbocycles. The van der Waals surface area contributed by atoms with E-state index in [0.29, 0.717) is 0 Å². The highest BCUT2D eigenvalue weighted by atomic mass is 32.2. The van der Waals surface area contributed by atoms with Crippen molar-refractivity contribution in [2.75, 3.05) is 5.75 Å². The summed E-state index contributed by atoms with van der Waals surface area (Å²) in [7, 11) is -4.58. The molecule has 0 radical (unpaired) electrons. The van der Waals surface area contributed by atoms with Gasteiger partial charge in [-0.1, -0.05) is 0 Å². The first kappa shape index (κ1) is 20.3. The Kier molecular flexibility index (Phi) is 6.66. The minimum Gasteiger partial charge on any atom is -0.456 e. The van der Waals surface area contributed by atoms with Gasteiger partial charge in [0.05, 0.1) is 0 Å². The van der Waals surface area contributed by atoms with Crippen molar-refractivity contribution in [3.05, 3.63) is 0 Å². The maximum atomic E-state index is 11.3. The van der Waals surface area contributed by atoms with E-state index in [2.05, 4.69) is 0 Å². The lowest BCUT2D eigenvalue weighted by Crippen LogP contribution is -2.62. The van der Waals surface area contributed by atoms with Crippen LogP contribution in [-0.4, -0.2) is 72.4 Å². The van der Waals surface area contributed by atoms with E-state index >= 15 is 0 Å². The van der Waals surface area contributed by atoms with Crippen molar-refractivity contribution in [1.29, 1.82) is 0 Å². The highest BCUT2D eigenvalue weighted by Gasteiger charge is 2.52. The molecule has 24 heavy (non-hydrogen) atoms. The van der Waals surface area contributed by atoms with E-state index < -0.39 is 64.5 Å². The van der Waals surface area contributed by atoms with Crippen molar-refractivity contribution in [1.82, 2.24) is 0 Å². The molecular weight excluding hydrogens is 352 g/mol. The molecule has 0 spiro atoms. The van der Waals surface area contributed by atoms with Crippen LogP contribution >= 0.6 is 0 Å². The van der Waals surface area contributed by atoms with Crippen molar-refractivity contribution >= 4 is 28.0 Å².